The normalized spacial score (nSPS) is 12.0. The fraction of sp³-hybridized carbons (Fsp3) is 0.175. The zero-order chi connectivity index (χ0) is 32.8. The molecule has 47 heavy (non-hydrogen) atoms. The van der Waals surface area contributed by atoms with Gasteiger partial charge in [0.15, 0.2) is 11.6 Å². The second-order valence-electron chi connectivity index (χ2n) is 11.0. The molecule has 0 saturated heterocycles. The van der Waals surface area contributed by atoms with Crippen molar-refractivity contribution in [3.63, 3.8) is 0 Å². The number of hydrogen-bond acceptors (Lipinski definition) is 7. The van der Waals surface area contributed by atoms with Crippen LogP contribution in [-0.4, -0.2) is 43.8 Å². The van der Waals surface area contributed by atoms with Crippen molar-refractivity contribution in [1.29, 1.82) is 0 Å². The van der Waals surface area contributed by atoms with Crippen molar-refractivity contribution in [2.45, 2.75) is 24.9 Å². The molecule has 2 atom stereocenters. The largest absolute Gasteiger partial charge is 0.494 e. The van der Waals surface area contributed by atoms with Crippen LogP contribution in [-0.2, 0) is 16.0 Å². The molecule has 0 aliphatic rings. The quantitative estimate of drug-likeness (QED) is 0.0686. The van der Waals surface area contributed by atoms with Gasteiger partial charge >= 0.3 is 5.97 Å². The zero-order valence-corrected chi connectivity index (χ0v) is 26.3. The fourth-order valence-corrected chi connectivity index (χ4v) is 5.32. The number of rotatable bonds is 16. The molecular formula is C40H38N2O5. The van der Waals surface area contributed by atoms with Gasteiger partial charge in [-0.15, -0.1) is 0 Å². The molecule has 2 unspecified atom stereocenters. The predicted octanol–water partition coefficient (Wildman–Crippen LogP) is 7.10. The number of nitrogens with one attached hydrogen (secondary N) is 2. The van der Waals surface area contributed by atoms with Crippen LogP contribution >= 0.6 is 0 Å². The van der Waals surface area contributed by atoms with Crippen molar-refractivity contribution in [3.05, 3.63) is 167 Å². The highest BCUT2D eigenvalue weighted by Crippen LogP contribution is 2.23. The van der Waals surface area contributed by atoms with E-state index in [4.69, 9.17) is 9.47 Å². The molecule has 7 nitrogen and oxygen atoms in total. The summed E-state index contributed by atoms with van der Waals surface area (Å²) in [7, 11) is 1.35. The Hall–Kier alpha value is -5.53. The predicted molar refractivity (Wildman–Crippen MR) is 184 cm³/mol. The lowest BCUT2D eigenvalue weighted by molar-refractivity contribution is -0.141. The molecule has 0 fully saturated rings. The van der Waals surface area contributed by atoms with Crippen LogP contribution in [0.5, 0.6) is 5.75 Å². The number of para-hydroxylation sites is 1. The van der Waals surface area contributed by atoms with Crippen LogP contribution in [0, 0.1) is 0 Å². The number of ketones is 2. The number of anilines is 1. The van der Waals surface area contributed by atoms with Gasteiger partial charge in [-0.05, 0) is 48.4 Å². The van der Waals surface area contributed by atoms with Gasteiger partial charge in [0, 0.05) is 28.8 Å². The molecule has 0 aliphatic heterocycles. The van der Waals surface area contributed by atoms with Gasteiger partial charge in [0.2, 0.25) is 0 Å². The Balaban J connectivity index is 1.16. The topological polar surface area (TPSA) is 93.7 Å². The summed E-state index contributed by atoms with van der Waals surface area (Å²) in [6.07, 6.45) is 1.05. The van der Waals surface area contributed by atoms with Crippen LogP contribution in [0.25, 0.3) is 0 Å². The number of methoxy groups -OCH3 is 1. The maximum Gasteiger partial charge on any atom is 0.328 e. The standard InChI is InChI=1S/C40H38N2O5/c1-46-40(45)36(42-35-21-12-11-20-34(35)38(43)31-16-7-3-8-17-31)28-29-22-24-33(25-23-29)47-27-13-26-41-37(30-14-5-2-6-15-30)39(44)32-18-9-4-10-19-32/h2-12,14-25,36-37,41-42H,13,26-28H2,1H3. The fourth-order valence-electron chi connectivity index (χ4n) is 5.32. The third-order valence-corrected chi connectivity index (χ3v) is 7.78. The summed E-state index contributed by atoms with van der Waals surface area (Å²) >= 11 is 0. The lowest BCUT2D eigenvalue weighted by Crippen LogP contribution is -2.33. The highest BCUT2D eigenvalue weighted by atomic mass is 16.5. The maximum atomic E-state index is 13.3. The second-order valence-corrected chi connectivity index (χ2v) is 11.0. The molecule has 5 rings (SSSR count). The molecule has 0 aromatic heterocycles. The van der Waals surface area contributed by atoms with E-state index in [2.05, 4.69) is 10.6 Å². The summed E-state index contributed by atoms with van der Waals surface area (Å²) in [5.74, 6) is 0.168. The van der Waals surface area contributed by atoms with Crippen molar-refractivity contribution in [2.24, 2.45) is 0 Å². The Morgan fingerprint density at radius 1 is 0.681 bits per heavy atom. The molecule has 0 saturated carbocycles. The first kappa shape index (κ1) is 32.9. The van der Waals surface area contributed by atoms with Crippen LogP contribution in [0.1, 0.15) is 49.9 Å². The van der Waals surface area contributed by atoms with Gasteiger partial charge in [0.25, 0.3) is 0 Å². The Labute approximate surface area is 275 Å². The van der Waals surface area contributed by atoms with E-state index >= 15 is 0 Å². The number of ether oxygens (including phenoxy) is 2. The van der Waals surface area contributed by atoms with E-state index in [-0.39, 0.29) is 11.6 Å². The zero-order valence-electron chi connectivity index (χ0n) is 26.3. The Kier molecular flexibility index (Phi) is 11.7. The summed E-state index contributed by atoms with van der Waals surface area (Å²) in [4.78, 5) is 39.3. The average Bonchev–Trinajstić information content (AvgIpc) is 3.14. The van der Waals surface area contributed by atoms with Crippen molar-refractivity contribution < 1.29 is 23.9 Å². The highest BCUT2D eigenvalue weighted by molar-refractivity contribution is 6.12. The minimum absolute atomic E-state index is 0.0272. The molecule has 0 aliphatic carbocycles. The summed E-state index contributed by atoms with van der Waals surface area (Å²) in [5, 5.41) is 6.65. The molecule has 0 radical (unpaired) electrons. The second kappa shape index (κ2) is 16.7. The van der Waals surface area contributed by atoms with Gasteiger partial charge in [-0.2, -0.15) is 0 Å². The molecule has 5 aromatic rings. The van der Waals surface area contributed by atoms with Crippen molar-refractivity contribution in [1.82, 2.24) is 5.32 Å². The van der Waals surface area contributed by atoms with Gasteiger partial charge in [-0.3, -0.25) is 9.59 Å². The summed E-state index contributed by atoms with van der Waals surface area (Å²) in [6.45, 7) is 1.06. The first-order chi connectivity index (χ1) is 23.0. The van der Waals surface area contributed by atoms with E-state index in [1.54, 1.807) is 30.3 Å². The summed E-state index contributed by atoms with van der Waals surface area (Å²) < 4.78 is 11.1. The highest BCUT2D eigenvalue weighted by Gasteiger charge is 2.23. The van der Waals surface area contributed by atoms with Crippen molar-refractivity contribution in [2.75, 3.05) is 25.6 Å². The summed E-state index contributed by atoms with van der Waals surface area (Å²) in [5.41, 5.74) is 4.09. The minimum Gasteiger partial charge on any atom is -0.494 e. The molecular weight excluding hydrogens is 588 g/mol. The van der Waals surface area contributed by atoms with Crippen LogP contribution < -0.4 is 15.4 Å². The van der Waals surface area contributed by atoms with Crippen LogP contribution in [0.4, 0.5) is 5.69 Å². The maximum absolute atomic E-state index is 13.3. The smallest absolute Gasteiger partial charge is 0.328 e. The molecule has 0 heterocycles. The molecule has 2 N–H and O–H groups in total. The first-order valence-electron chi connectivity index (χ1n) is 15.7. The molecule has 0 bridgehead atoms. The Bertz CT molecular complexity index is 1740. The molecule has 7 heteroatoms. The number of hydrogen-bond donors (Lipinski definition) is 2. The van der Waals surface area contributed by atoms with Crippen LogP contribution in [0.3, 0.4) is 0 Å². The van der Waals surface area contributed by atoms with E-state index < -0.39 is 18.1 Å². The molecule has 0 amide bonds. The molecule has 238 valence electrons. The first-order valence-corrected chi connectivity index (χ1v) is 15.7. The number of Topliss-reactive ketones (excluding diaryl/α,β-unsaturated/α-hetero) is 1. The van der Waals surface area contributed by atoms with Gasteiger partial charge in [0.05, 0.1) is 19.8 Å². The minimum atomic E-state index is -0.710. The number of esters is 1. The average molecular weight is 627 g/mol. The molecule has 5 aromatic carbocycles. The van der Waals surface area contributed by atoms with Crippen LogP contribution in [0.2, 0.25) is 0 Å². The van der Waals surface area contributed by atoms with Gasteiger partial charge in [-0.25, -0.2) is 4.79 Å². The monoisotopic (exact) mass is 626 g/mol. The van der Waals surface area contributed by atoms with E-state index in [0.717, 1.165) is 11.1 Å². The Morgan fingerprint density at radius 2 is 1.28 bits per heavy atom. The lowest BCUT2D eigenvalue weighted by Gasteiger charge is -2.20. The van der Waals surface area contributed by atoms with Crippen molar-refractivity contribution in [3.8, 4) is 5.75 Å². The summed E-state index contributed by atoms with van der Waals surface area (Å²) in [6, 6.07) is 41.6. The third-order valence-electron chi connectivity index (χ3n) is 7.78. The number of carbonyl (C=O) groups excluding carboxylic acids is 3. The van der Waals surface area contributed by atoms with Gasteiger partial charge < -0.3 is 20.1 Å². The van der Waals surface area contributed by atoms with Crippen LogP contribution in [0.15, 0.2) is 140 Å². The van der Waals surface area contributed by atoms with E-state index in [1.807, 2.05) is 109 Å². The van der Waals surface area contributed by atoms with E-state index in [1.165, 1.54) is 7.11 Å². The SMILES string of the molecule is COC(=O)C(Cc1ccc(OCCCNC(C(=O)c2ccccc2)c2ccccc2)cc1)Nc1ccccc1C(=O)c1ccccc1. The number of carbonyl (C=O) groups is 3. The van der Waals surface area contributed by atoms with E-state index in [0.29, 0.717) is 54.1 Å². The lowest BCUT2D eigenvalue weighted by atomic mass is 9.97. The van der Waals surface area contributed by atoms with Gasteiger partial charge in [-0.1, -0.05) is 115 Å². The molecule has 0 spiro atoms. The Morgan fingerprint density at radius 3 is 1.94 bits per heavy atom. The third kappa shape index (κ3) is 9.02. The van der Waals surface area contributed by atoms with E-state index in [9.17, 15) is 14.4 Å². The van der Waals surface area contributed by atoms with Crippen molar-refractivity contribution >= 4 is 23.2 Å². The van der Waals surface area contributed by atoms with Gasteiger partial charge in [0.1, 0.15) is 11.8 Å². The number of benzene rings is 5.